The molecule has 0 spiro atoms. The highest BCUT2D eigenvalue weighted by atomic mass is 35.5. The van der Waals surface area contributed by atoms with Crippen LogP contribution in [0, 0.1) is 11.6 Å². The van der Waals surface area contributed by atoms with Gasteiger partial charge >= 0.3 is 0 Å². The number of ketones is 1. The molecule has 0 amide bonds. The van der Waals surface area contributed by atoms with Crippen LogP contribution in [0.1, 0.15) is 10.4 Å². The standard InChI is InChI=1S/C8H4Cl2F2O/c9-3-8(13)4-1-5(10)7(12)2-6(4)11/h1-2H,3H2. The molecule has 0 N–H and O–H groups in total. The van der Waals surface area contributed by atoms with Crippen LogP contribution >= 0.6 is 23.2 Å². The van der Waals surface area contributed by atoms with Gasteiger partial charge in [0.15, 0.2) is 5.78 Å². The Hall–Kier alpha value is -0.670. The van der Waals surface area contributed by atoms with E-state index < -0.39 is 17.4 Å². The zero-order valence-corrected chi connectivity index (χ0v) is 7.79. The summed E-state index contributed by atoms with van der Waals surface area (Å²) < 4.78 is 25.5. The summed E-state index contributed by atoms with van der Waals surface area (Å²) in [5.74, 6) is -2.84. The first-order valence-electron chi connectivity index (χ1n) is 3.30. The van der Waals surface area contributed by atoms with Crippen molar-refractivity contribution in [3.8, 4) is 0 Å². The predicted octanol–water partition coefficient (Wildman–Crippen LogP) is 3.04. The number of halogens is 4. The van der Waals surface area contributed by atoms with E-state index in [0.29, 0.717) is 6.07 Å². The number of Topliss-reactive ketones (excluding diaryl/α,β-unsaturated/α-hetero) is 1. The van der Waals surface area contributed by atoms with Crippen LogP contribution in [0.15, 0.2) is 12.1 Å². The van der Waals surface area contributed by atoms with E-state index >= 15 is 0 Å². The van der Waals surface area contributed by atoms with Crippen LogP contribution in [-0.2, 0) is 0 Å². The lowest BCUT2D eigenvalue weighted by atomic mass is 10.1. The smallest absolute Gasteiger partial charge is 0.180 e. The van der Waals surface area contributed by atoms with Crippen LogP contribution in [0.25, 0.3) is 0 Å². The molecule has 0 aliphatic carbocycles. The first-order chi connectivity index (χ1) is 6.06. The molecule has 0 unspecified atom stereocenters. The van der Waals surface area contributed by atoms with E-state index in [9.17, 15) is 13.6 Å². The van der Waals surface area contributed by atoms with Crippen molar-refractivity contribution in [3.05, 3.63) is 34.4 Å². The molecule has 0 saturated carbocycles. The molecule has 0 aliphatic heterocycles. The molecule has 0 fully saturated rings. The highest BCUT2D eigenvalue weighted by Crippen LogP contribution is 2.19. The highest BCUT2D eigenvalue weighted by Gasteiger charge is 2.13. The maximum Gasteiger partial charge on any atom is 0.180 e. The molecule has 0 saturated heterocycles. The molecule has 1 nitrogen and oxygen atoms in total. The summed E-state index contributed by atoms with van der Waals surface area (Å²) >= 11 is 10.5. The molecule has 1 rings (SSSR count). The van der Waals surface area contributed by atoms with E-state index in [1.807, 2.05) is 0 Å². The Balaban J connectivity index is 3.23. The molecular weight excluding hydrogens is 221 g/mol. The van der Waals surface area contributed by atoms with Gasteiger partial charge in [0.05, 0.1) is 16.5 Å². The van der Waals surface area contributed by atoms with Gasteiger partial charge in [0, 0.05) is 6.07 Å². The van der Waals surface area contributed by atoms with Gasteiger partial charge < -0.3 is 0 Å². The van der Waals surface area contributed by atoms with Crippen molar-refractivity contribution in [1.82, 2.24) is 0 Å². The topological polar surface area (TPSA) is 17.1 Å². The number of hydrogen-bond acceptors (Lipinski definition) is 1. The van der Waals surface area contributed by atoms with Gasteiger partial charge in [-0.1, -0.05) is 11.6 Å². The molecule has 5 heteroatoms. The lowest BCUT2D eigenvalue weighted by molar-refractivity contribution is 0.101. The predicted molar refractivity (Wildman–Crippen MR) is 46.4 cm³/mol. The summed E-state index contributed by atoms with van der Waals surface area (Å²) in [6.45, 7) is 0. The lowest BCUT2D eigenvalue weighted by Crippen LogP contribution is -2.04. The minimum absolute atomic E-state index is 0.290. The number of hydrogen-bond donors (Lipinski definition) is 0. The van der Waals surface area contributed by atoms with Crippen molar-refractivity contribution in [2.75, 3.05) is 5.88 Å². The van der Waals surface area contributed by atoms with Gasteiger partial charge in [-0.05, 0) is 6.07 Å². The van der Waals surface area contributed by atoms with Crippen LogP contribution in [0.3, 0.4) is 0 Å². The van der Waals surface area contributed by atoms with Crippen molar-refractivity contribution in [2.45, 2.75) is 0 Å². The van der Waals surface area contributed by atoms with Gasteiger partial charge in [0.1, 0.15) is 11.6 Å². The van der Waals surface area contributed by atoms with Crippen molar-refractivity contribution < 1.29 is 13.6 Å². The second-order valence-corrected chi connectivity index (χ2v) is 2.98. The van der Waals surface area contributed by atoms with Crippen molar-refractivity contribution in [2.24, 2.45) is 0 Å². The fourth-order valence-corrected chi connectivity index (χ4v) is 1.12. The minimum Gasteiger partial charge on any atom is -0.293 e. The third kappa shape index (κ3) is 2.17. The Bertz CT molecular complexity index is 352. The van der Waals surface area contributed by atoms with Gasteiger partial charge in [-0.3, -0.25) is 4.79 Å². The fourth-order valence-electron chi connectivity index (χ4n) is 0.808. The van der Waals surface area contributed by atoms with E-state index in [1.165, 1.54) is 0 Å². The quantitative estimate of drug-likeness (QED) is 0.429. The first-order valence-corrected chi connectivity index (χ1v) is 4.21. The Labute approximate surface area is 83.3 Å². The number of carbonyl (C=O) groups is 1. The minimum atomic E-state index is -0.951. The number of benzene rings is 1. The summed E-state index contributed by atoms with van der Waals surface area (Å²) in [5, 5.41) is -0.296. The van der Waals surface area contributed by atoms with E-state index in [4.69, 9.17) is 23.2 Å². The molecular formula is C8H4Cl2F2O. The van der Waals surface area contributed by atoms with Crippen LogP contribution in [-0.4, -0.2) is 11.7 Å². The summed E-state index contributed by atoms with van der Waals surface area (Å²) in [6, 6.07) is 1.49. The Morgan fingerprint density at radius 3 is 2.46 bits per heavy atom. The highest BCUT2D eigenvalue weighted by molar-refractivity contribution is 6.32. The van der Waals surface area contributed by atoms with Gasteiger partial charge in [-0.15, -0.1) is 11.6 Å². The van der Waals surface area contributed by atoms with Gasteiger partial charge in [0.25, 0.3) is 0 Å². The summed E-state index contributed by atoms with van der Waals surface area (Å²) in [7, 11) is 0. The van der Waals surface area contributed by atoms with Crippen molar-refractivity contribution >= 4 is 29.0 Å². The van der Waals surface area contributed by atoms with E-state index in [1.54, 1.807) is 0 Å². The van der Waals surface area contributed by atoms with Crippen LogP contribution in [0.4, 0.5) is 8.78 Å². The Morgan fingerprint density at radius 1 is 1.31 bits per heavy atom. The van der Waals surface area contributed by atoms with E-state index in [-0.39, 0.29) is 16.5 Å². The zero-order chi connectivity index (χ0) is 10.0. The second-order valence-electron chi connectivity index (χ2n) is 2.30. The van der Waals surface area contributed by atoms with E-state index in [2.05, 4.69) is 0 Å². The van der Waals surface area contributed by atoms with Crippen molar-refractivity contribution in [3.63, 3.8) is 0 Å². The van der Waals surface area contributed by atoms with Crippen molar-refractivity contribution in [1.29, 1.82) is 0 Å². The summed E-state index contributed by atoms with van der Waals surface area (Å²) in [4.78, 5) is 10.9. The number of rotatable bonds is 2. The molecule has 0 aromatic heterocycles. The summed E-state index contributed by atoms with van der Waals surface area (Å²) in [5.41, 5.74) is -0.290. The monoisotopic (exact) mass is 224 g/mol. The molecule has 0 heterocycles. The fraction of sp³-hybridized carbons (Fsp3) is 0.125. The maximum atomic E-state index is 12.9. The molecule has 1 aromatic carbocycles. The molecule has 0 aliphatic rings. The van der Waals surface area contributed by atoms with Crippen LogP contribution < -0.4 is 0 Å². The second kappa shape index (κ2) is 4.03. The molecule has 0 bridgehead atoms. The number of carbonyl (C=O) groups excluding carboxylic acids is 1. The molecule has 0 atom stereocenters. The van der Waals surface area contributed by atoms with E-state index in [0.717, 1.165) is 6.07 Å². The zero-order valence-electron chi connectivity index (χ0n) is 6.28. The molecule has 70 valence electrons. The SMILES string of the molecule is O=C(CCl)c1cc(Cl)c(F)cc1F. The Morgan fingerprint density at radius 2 is 1.92 bits per heavy atom. The third-order valence-corrected chi connectivity index (χ3v) is 1.96. The first kappa shape index (κ1) is 10.4. The largest absolute Gasteiger partial charge is 0.293 e. The van der Waals surface area contributed by atoms with Gasteiger partial charge in [-0.2, -0.15) is 0 Å². The Kier molecular flexibility index (Phi) is 3.22. The average molecular weight is 225 g/mol. The number of alkyl halides is 1. The molecule has 0 radical (unpaired) electrons. The maximum absolute atomic E-state index is 12.9. The molecule has 13 heavy (non-hydrogen) atoms. The lowest BCUT2D eigenvalue weighted by Gasteiger charge is -2.00. The molecule has 1 aromatic rings. The van der Waals surface area contributed by atoms with Gasteiger partial charge in [-0.25, -0.2) is 8.78 Å². The summed E-state index contributed by atoms with van der Waals surface area (Å²) in [6.07, 6.45) is 0. The third-order valence-electron chi connectivity index (χ3n) is 1.43. The van der Waals surface area contributed by atoms with Crippen LogP contribution in [0.2, 0.25) is 5.02 Å². The average Bonchev–Trinajstić information content (AvgIpc) is 2.10. The van der Waals surface area contributed by atoms with Gasteiger partial charge in [0.2, 0.25) is 0 Å². The normalized spacial score (nSPS) is 10.2. The van der Waals surface area contributed by atoms with Crippen LogP contribution in [0.5, 0.6) is 0 Å².